The van der Waals surface area contributed by atoms with Crippen molar-refractivity contribution in [1.29, 1.82) is 0 Å². The maximum atomic E-state index is 12.6. The van der Waals surface area contributed by atoms with Crippen molar-refractivity contribution in [2.45, 2.75) is 12.8 Å². The summed E-state index contributed by atoms with van der Waals surface area (Å²) in [6, 6.07) is 4.48. The molecule has 1 aromatic rings. The number of nitro groups is 1. The molecule has 1 saturated heterocycles. The second-order valence-electron chi connectivity index (χ2n) is 5.94. The van der Waals surface area contributed by atoms with Gasteiger partial charge in [-0.15, -0.1) is 0 Å². The van der Waals surface area contributed by atoms with Crippen LogP contribution in [0.2, 0.25) is 0 Å². The molecule has 1 amide bonds. The Morgan fingerprint density at radius 2 is 1.92 bits per heavy atom. The number of methoxy groups -OCH3 is 1. The predicted octanol–water partition coefficient (Wildman–Crippen LogP) is 1.69. The first-order valence-corrected chi connectivity index (χ1v) is 7.68. The highest BCUT2D eigenvalue weighted by Gasteiger charge is 2.29. The maximum Gasteiger partial charge on any atom is 0.308 e. The van der Waals surface area contributed by atoms with Crippen molar-refractivity contribution in [1.82, 2.24) is 4.90 Å². The quantitative estimate of drug-likeness (QED) is 0.472. The zero-order chi connectivity index (χ0) is 17.9. The molecular weight excluding hydrogens is 314 g/mol. The van der Waals surface area contributed by atoms with Gasteiger partial charge in [0.25, 0.3) is 11.6 Å². The number of rotatable bonds is 4. The van der Waals surface area contributed by atoms with E-state index in [1.165, 1.54) is 13.2 Å². The van der Waals surface area contributed by atoms with E-state index >= 15 is 0 Å². The third-order valence-corrected chi connectivity index (χ3v) is 4.22. The van der Waals surface area contributed by atoms with E-state index in [-0.39, 0.29) is 29.0 Å². The summed E-state index contributed by atoms with van der Waals surface area (Å²) in [6.07, 6.45) is 1.08. The van der Waals surface area contributed by atoms with Crippen molar-refractivity contribution in [3.8, 4) is 0 Å². The van der Waals surface area contributed by atoms with Gasteiger partial charge in [0.05, 0.1) is 18.0 Å². The van der Waals surface area contributed by atoms with Crippen LogP contribution in [0.5, 0.6) is 0 Å². The van der Waals surface area contributed by atoms with Gasteiger partial charge in [-0.05, 0) is 25.0 Å². The highest BCUT2D eigenvalue weighted by Crippen LogP contribution is 2.29. The minimum atomic E-state index is -0.490. The molecule has 0 bridgehead atoms. The van der Waals surface area contributed by atoms with Crippen LogP contribution in [0.3, 0.4) is 0 Å². The summed E-state index contributed by atoms with van der Waals surface area (Å²) >= 11 is 0. The molecule has 0 N–H and O–H groups in total. The maximum absolute atomic E-state index is 12.6. The highest BCUT2D eigenvalue weighted by atomic mass is 16.6. The number of nitro benzene ring substituents is 1. The van der Waals surface area contributed by atoms with Gasteiger partial charge in [-0.1, -0.05) is 0 Å². The van der Waals surface area contributed by atoms with Crippen LogP contribution in [-0.2, 0) is 9.53 Å². The van der Waals surface area contributed by atoms with Crippen molar-refractivity contribution < 1.29 is 19.2 Å². The summed E-state index contributed by atoms with van der Waals surface area (Å²) in [7, 11) is 4.77. The van der Waals surface area contributed by atoms with Crippen molar-refractivity contribution in [2.24, 2.45) is 5.92 Å². The minimum Gasteiger partial charge on any atom is -0.469 e. The molecular formula is C16H21N3O5. The average molecular weight is 335 g/mol. The third-order valence-electron chi connectivity index (χ3n) is 4.22. The van der Waals surface area contributed by atoms with Crippen molar-refractivity contribution in [3.05, 3.63) is 33.9 Å². The standard InChI is InChI=1S/C16H21N3O5/c1-17(2)13-5-4-12(10-14(13)19(22)23)15(20)18-8-6-11(7-9-18)16(21)24-3/h4-5,10-11H,6-9H2,1-3H3. The molecule has 1 aliphatic heterocycles. The summed E-state index contributed by atoms with van der Waals surface area (Å²) < 4.78 is 4.73. The molecule has 0 atom stereocenters. The molecule has 1 aromatic carbocycles. The normalized spacial score (nSPS) is 15.0. The monoisotopic (exact) mass is 335 g/mol. The zero-order valence-electron chi connectivity index (χ0n) is 14.0. The number of anilines is 1. The number of ether oxygens (including phenoxy) is 1. The number of piperidine rings is 1. The first-order chi connectivity index (χ1) is 11.3. The molecule has 2 rings (SSSR count). The van der Waals surface area contributed by atoms with Crippen molar-refractivity contribution in [3.63, 3.8) is 0 Å². The second-order valence-corrected chi connectivity index (χ2v) is 5.94. The SMILES string of the molecule is COC(=O)C1CCN(C(=O)c2ccc(N(C)C)c([N+](=O)[O-])c2)CC1. The molecule has 0 saturated carbocycles. The van der Waals surface area contributed by atoms with Gasteiger partial charge in [0, 0.05) is 38.8 Å². The zero-order valence-corrected chi connectivity index (χ0v) is 14.0. The predicted molar refractivity (Wildman–Crippen MR) is 88.1 cm³/mol. The number of likely N-dealkylation sites (tertiary alicyclic amines) is 1. The van der Waals surface area contributed by atoms with Gasteiger partial charge in [0.2, 0.25) is 0 Å². The highest BCUT2D eigenvalue weighted by molar-refractivity contribution is 5.96. The number of esters is 1. The summed E-state index contributed by atoms with van der Waals surface area (Å²) in [4.78, 5) is 38.1. The lowest BCUT2D eigenvalue weighted by Crippen LogP contribution is -2.40. The lowest BCUT2D eigenvalue weighted by atomic mass is 9.96. The fraction of sp³-hybridized carbons (Fsp3) is 0.500. The Labute approximate surface area is 140 Å². The fourth-order valence-electron chi connectivity index (χ4n) is 2.85. The first kappa shape index (κ1) is 17.7. The van der Waals surface area contributed by atoms with Gasteiger partial charge in [-0.2, -0.15) is 0 Å². The lowest BCUT2D eigenvalue weighted by molar-refractivity contribution is -0.384. The van der Waals surface area contributed by atoms with Crippen molar-refractivity contribution >= 4 is 23.3 Å². The fourth-order valence-corrected chi connectivity index (χ4v) is 2.85. The van der Waals surface area contributed by atoms with E-state index in [1.807, 2.05) is 0 Å². The summed E-state index contributed by atoms with van der Waals surface area (Å²) in [5.74, 6) is -0.704. The van der Waals surface area contributed by atoms with E-state index in [2.05, 4.69) is 0 Å². The molecule has 0 aliphatic carbocycles. The number of amides is 1. The van der Waals surface area contributed by atoms with Crippen LogP contribution >= 0.6 is 0 Å². The van der Waals surface area contributed by atoms with E-state index < -0.39 is 4.92 Å². The Morgan fingerprint density at radius 1 is 1.29 bits per heavy atom. The van der Waals surface area contributed by atoms with Crippen LogP contribution in [0.4, 0.5) is 11.4 Å². The van der Waals surface area contributed by atoms with Crippen LogP contribution in [-0.4, -0.2) is 56.0 Å². The third kappa shape index (κ3) is 3.64. The number of carbonyl (C=O) groups is 2. The topological polar surface area (TPSA) is 93.0 Å². The summed E-state index contributed by atoms with van der Waals surface area (Å²) in [5, 5.41) is 11.2. The molecule has 0 unspecified atom stereocenters. The van der Waals surface area contributed by atoms with Crippen LogP contribution < -0.4 is 4.90 Å². The Kier molecular flexibility index (Phi) is 5.38. The molecule has 1 heterocycles. The first-order valence-electron chi connectivity index (χ1n) is 7.68. The molecule has 130 valence electrons. The average Bonchev–Trinajstić information content (AvgIpc) is 2.59. The van der Waals surface area contributed by atoms with Gasteiger partial charge in [0.1, 0.15) is 5.69 Å². The van der Waals surface area contributed by atoms with Gasteiger partial charge in [0.15, 0.2) is 0 Å². The molecule has 24 heavy (non-hydrogen) atoms. The molecule has 1 aliphatic rings. The number of hydrogen-bond acceptors (Lipinski definition) is 6. The van der Waals surface area contributed by atoms with E-state index in [9.17, 15) is 19.7 Å². The van der Waals surface area contributed by atoms with E-state index in [0.29, 0.717) is 31.6 Å². The number of nitrogens with zero attached hydrogens (tertiary/aromatic N) is 3. The second kappa shape index (κ2) is 7.29. The Morgan fingerprint density at radius 3 is 2.42 bits per heavy atom. The molecule has 8 nitrogen and oxygen atoms in total. The smallest absolute Gasteiger partial charge is 0.308 e. The van der Waals surface area contributed by atoms with Crippen molar-refractivity contribution in [2.75, 3.05) is 39.2 Å². The van der Waals surface area contributed by atoms with Crippen LogP contribution in [0, 0.1) is 16.0 Å². The molecule has 8 heteroatoms. The Bertz CT molecular complexity index is 651. The largest absolute Gasteiger partial charge is 0.469 e. The van der Waals surface area contributed by atoms with Gasteiger partial charge in [-0.25, -0.2) is 0 Å². The number of carbonyl (C=O) groups excluding carboxylic acids is 2. The lowest BCUT2D eigenvalue weighted by Gasteiger charge is -2.30. The Balaban J connectivity index is 2.15. The van der Waals surface area contributed by atoms with E-state index in [1.54, 1.807) is 36.0 Å². The number of hydrogen-bond donors (Lipinski definition) is 0. The van der Waals surface area contributed by atoms with E-state index in [0.717, 1.165) is 0 Å². The van der Waals surface area contributed by atoms with Crippen LogP contribution in [0.25, 0.3) is 0 Å². The van der Waals surface area contributed by atoms with Crippen LogP contribution in [0.15, 0.2) is 18.2 Å². The minimum absolute atomic E-state index is 0.102. The van der Waals surface area contributed by atoms with Crippen LogP contribution in [0.1, 0.15) is 23.2 Å². The summed E-state index contributed by atoms with van der Waals surface area (Å²) in [6.45, 7) is 0.865. The summed E-state index contributed by atoms with van der Waals surface area (Å²) in [5.41, 5.74) is 0.625. The van der Waals surface area contributed by atoms with Gasteiger partial charge >= 0.3 is 5.97 Å². The number of benzene rings is 1. The molecule has 0 spiro atoms. The Hall–Kier alpha value is -2.64. The molecule has 1 fully saturated rings. The molecule has 0 radical (unpaired) electrons. The molecule has 0 aromatic heterocycles. The van der Waals surface area contributed by atoms with Gasteiger partial charge in [-0.3, -0.25) is 19.7 Å². The van der Waals surface area contributed by atoms with Gasteiger partial charge < -0.3 is 14.5 Å². The van der Waals surface area contributed by atoms with E-state index in [4.69, 9.17) is 4.74 Å².